The normalized spacial score (nSPS) is 11.6. The Labute approximate surface area is 112 Å². The number of nitrogens with one attached hydrogen (secondary N) is 1. The summed E-state index contributed by atoms with van der Waals surface area (Å²) >= 11 is -2.38. The Morgan fingerprint density at radius 3 is 2.42 bits per heavy atom. The van der Waals surface area contributed by atoms with Crippen LogP contribution in [0.4, 0.5) is 0 Å². The van der Waals surface area contributed by atoms with Gasteiger partial charge in [-0.2, -0.15) is 0 Å². The van der Waals surface area contributed by atoms with E-state index in [4.69, 9.17) is 9.29 Å². The fraction of sp³-hybridized carbons (Fsp3) is 0. The highest BCUT2D eigenvalue weighted by Crippen LogP contribution is 2.21. The predicted octanol–water partition coefficient (Wildman–Crippen LogP) is 2.35. The highest BCUT2D eigenvalue weighted by molar-refractivity contribution is 7.77. The number of hydrogen-bond acceptors (Lipinski definition) is 3. The van der Waals surface area contributed by atoms with Gasteiger partial charge in [0, 0.05) is 5.56 Å². The molecule has 0 fully saturated rings. The fourth-order valence-corrected chi connectivity index (χ4v) is 1.74. The lowest BCUT2D eigenvalue weighted by atomic mass is 10.2. The summed E-state index contributed by atoms with van der Waals surface area (Å²) in [5.74, 6) is 0.479. The molecule has 19 heavy (non-hydrogen) atoms. The molecule has 98 valence electrons. The molecule has 0 aliphatic rings. The molecule has 0 spiro atoms. The van der Waals surface area contributed by atoms with Crippen LogP contribution in [-0.4, -0.2) is 14.7 Å². The third-order valence-electron chi connectivity index (χ3n) is 2.26. The first-order valence-electron chi connectivity index (χ1n) is 5.40. The topological polar surface area (TPSA) is 75.6 Å². The molecular formula is C13H11NO4S. The van der Waals surface area contributed by atoms with Gasteiger partial charge in [-0.25, -0.2) is 8.93 Å². The average Bonchev–Trinajstić information content (AvgIpc) is 2.39. The number of para-hydroxylation sites is 1. The van der Waals surface area contributed by atoms with Crippen LogP contribution < -0.4 is 9.46 Å². The number of ether oxygens (including phenoxy) is 1. The van der Waals surface area contributed by atoms with E-state index in [0.29, 0.717) is 11.5 Å². The first-order valence-corrected chi connectivity index (χ1v) is 6.50. The van der Waals surface area contributed by atoms with Crippen LogP contribution in [0.1, 0.15) is 10.4 Å². The second kappa shape index (κ2) is 6.12. The smallest absolute Gasteiger partial charge is 0.264 e. The molecular weight excluding hydrogens is 266 g/mol. The molecule has 1 atom stereocenters. The van der Waals surface area contributed by atoms with E-state index in [1.54, 1.807) is 24.3 Å². The summed E-state index contributed by atoms with van der Waals surface area (Å²) in [5, 5.41) is 0. The van der Waals surface area contributed by atoms with Crippen molar-refractivity contribution in [1.82, 2.24) is 4.72 Å². The Bertz CT molecular complexity index is 601. The highest BCUT2D eigenvalue weighted by atomic mass is 32.2. The summed E-state index contributed by atoms with van der Waals surface area (Å²) in [7, 11) is 0. The number of hydrogen-bond donors (Lipinski definition) is 2. The zero-order chi connectivity index (χ0) is 13.7. The molecule has 0 heterocycles. The molecule has 0 aliphatic carbocycles. The Balaban J connectivity index is 2.15. The van der Waals surface area contributed by atoms with Gasteiger partial charge in [-0.05, 0) is 30.3 Å². The van der Waals surface area contributed by atoms with Gasteiger partial charge in [0.2, 0.25) is 0 Å². The molecule has 0 aliphatic heterocycles. The van der Waals surface area contributed by atoms with Gasteiger partial charge in [0.15, 0.2) is 0 Å². The van der Waals surface area contributed by atoms with Gasteiger partial charge < -0.3 is 4.74 Å². The lowest BCUT2D eigenvalue weighted by molar-refractivity contribution is 0.0980. The summed E-state index contributed by atoms with van der Waals surface area (Å²) in [5.41, 5.74) is 0.246. The lowest BCUT2D eigenvalue weighted by Gasteiger charge is -2.07. The van der Waals surface area contributed by atoms with Gasteiger partial charge in [0.1, 0.15) is 11.5 Å². The van der Waals surface area contributed by atoms with E-state index in [9.17, 15) is 9.00 Å². The van der Waals surface area contributed by atoms with Crippen LogP contribution in [0.3, 0.4) is 0 Å². The minimum atomic E-state index is -2.38. The molecule has 0 radical (unpaired) electrons. The number of benzene rings is 2. The third-order valence-corrected chi connectivity index (χ3v) is 2.62. The molecule has 2 rings (SSSR count). The number of carbonyl (C=O) groups excluding carboxylic acids is 1. The summed E-state index contributed by atoms with van der Waals surface area (Å²) in [4.78, 5) is 11.5. The average molecular weight is 277 g/mol. The molecule has 0 aromatic heterocycles. The van der Waals surface area contributed by atoms with Gasteiger partial charge >= 0.3 is 0 Å². The quantitative estimate of drug-likeness (QED) is 0.841. The van der Waals surface area contributed by atoms with Crippen LogP contribution in [0.15, 0.2) is 54.6 Å². The van der Waals surface area contributed by atoms with Crippen LogP contribution in [0.25, 0.3) is 0 Å². The lowest BCUT2D eigenvalue weighted by Crippen LogP contribution is -2.24. The second-order valence-electron chi connectivity index (χ2n) is 3.62. The van der Waals surface area contributed by atoms with E-state index in [1.165, 1.54) is 12.1 Å². The van der Waals surface area contributed by atoms with E-state index < -0.39 is 17.2 Å². The Morgan fingerprint density at radius 2 is 1.74 bits per heavy atom. The maximum atomic E-state index is 11.5. The number of carbonyl (C=O) groups is 1. The van der Waals surface area contributed by atoms with E-state index in [2.05, 4.69) is 0 Å². The molecule has 2 N–H and O–H groups in total. The maximum absolute atomic E-state index is 11.5. The van der Waals surface area contributed by atoms with Gasteiger partial charge in [-0.3, -0.25) is 9.35 Å². The molecule has 6 heteroatoms. The van der Waals surface area contributed by atoms with Crippen LogP contribution >= 0.6 is 0 Å². The maximum Gasteiger partial charge on any atom is 0.264 e. The largest absolute Gasteiger partial charge is 0.457 e. The Hall–Kier alpha value is -2.18. The van der Waals surface area contributed by atoms with Gasteiger partial charge in [-0.1, -0.05) is 24.3 Å². The van der Waals surface area contributed by atoms with Gasteiger partial charge in [0.25, 0.3) is 17.2 Å². The Morgan fingerprint density at radius 1 is 1.05 bits per heavy atom. The second-order valence-corrected chi connectivity index (χ2v) is 4.33. The molecule has 1 unspecified atom stereocenters. The standard InChI is InChI=1S/C13H11NO4S/c15-13(14-19(16)17)10-5-4-8-12(9-10)18-11-6-2-1-3-7-11/h1-9H,(H,14,15)(H,16,17). The van der Waals surface area contributed by atoms with Crippen LogP contribution in [-0.2, 0) is 11.3 Å². The Kier molecular flexibility index (Phi) is 4.27. The number of amides is 1. The van der Waals surface area contributed by atoms with Gasteiger partial charge in [0.05, 0.1) is 0 Å². The fourth-order valence-electron chi connectivity index (χ4n) is 1.46. The summed E-state index contributed by atoms with van der Waals surface area (Å²) < 4.78 is 26.5. The van der Waals surface area contributed by atoms with E-state index in [-0.39, 0.29) is 5.56 Å². The van der Waals surface area contributed by atoms with Crippen LogP contribution in [0, 0.1) is 0 Å². The monoisotopic (exact) mass is 277 g/mol. The molecule has 0 saturated carbocycles. The van der Waals surface area contributed by atoms with Crippen molar-refractivity contribution >= 4 is 17.2 Å². The van der Waals surface area contributed by atoms with Crippen molar-refractivity contribution in [3.8, 4) is 11.5 Å². The van der Waals surface area contributed by atoms with Crippen molar-refractivity contribution < 1.29 is 18.3 Å². The summed E-state index contributed by atoms with van der Waals surface area (Å²) in [6, 6.07) is 15.5. The van der Waals surface area contributed by atoms with Crippen molar-refractivity contribution in [3.63, 3.8) is 0 Å². The molecule has 0 saturated heterocycles. The van der Waals surface area contributed by atoms with E-state index >= 15 is 0 Å². The predicted molar refractivity (Wildman–Crippen MR) is 71.2 cm³/mol. The van der Waals surface area contributed by atoms with Crippen molar-refractivity contribution in [1.29, 1.82) is 0 Å². The van der Waals surface area contributed by atoms with Crippen LogP contribution in [0.5, 0.6) is 11.5 Å². The molecule has 1 amide bonds. The van der Waals surface area contributed by atoms with E-state index in [0.717, 1.165) is 0 Å². The zero-order valence-corrected chi connectivity index (χ0v) is 10.6. The molecule has 2 aromatic rings. The molecule has 2 aromatic carbocycles. The minimum absolute atomic E-state index is 0.246. The highest BCUT2D eigenvalue weighted by Gasteiger charge is 2.08. The van der Waals surface area contributed by atoms with Crippen LogP contribution in [0.2, 0.25) is 0 Å². The van der Waals surface area contributed by atoms with E-state index in [1.807, 2.05) is 22.9 Å². The van der Waals surface area contributed by atoms with Crippen molar-refractivity contribution in [2.24, 2.45) is 0 Å². The first kappa shape index (κ1) is 13.3. The summed E-state index contributed by atoms with van der Waals surface area (Å²) in [6.07, 6.45) is 0. The van der Waals surface area contributed by atoms with Gasteiger partial charge in [-0.15, -0.1) is 0 Å². The number of rotatable bonds is 4. The molecule has 5 nitrogen and oxygen atoms in total. The van der Waals surface area contributed by atoms with Crippen molar-refractivity contribution in [3.05, 3.63) is 60.2 Å². The first-order chi connectivity index (χ1) is 9.15. The SMILES string of the molecule is O=C(NS(=O)O)c1cccc(Oc2ccccc2)c1. The molecule has 0 bridgehead atoms. The summed E-state index contributed by atoms with van der Waals surface area (Å²) in [6.45, 7) is 0. The minimum Gasteiger partial charge on any atom is -0.457 e. The van der Waals surface area contributed by atoms with Crippen molar-refractivity contribution in [2.75, 3.05) is 0 Å². The third kappa shape index (κ3) is 3.90. The van der Waals surface area contributed by atoms with Crippen molar-refractivity contribution in [2.45, 2.75) is 0 Å². The zero-order valence-electron chi connectivity index (χ0n) is 9.78.